The number of hydrogen-bond acceptors (Lipinski definition) is 7. The predicted octanol–water partition coefficient (Wildman–Crippen LogP) is 4.16. The number of carbonyl (C=O) groups excluding carboxylic acids is 2. The molecule has 0 saturated carbocycles. The lowest BCUT2D eigenvalue weighted by atomic mass is 10.2. The molecular formula is C23H19BrN2O6. The van der Waals surface area contributed by atoms with Crippen molar-refractivity contribution in [2.45, 2.75) is 0 Å². The van der Waals surface area contributed by atoms with Crippen LogP contribution in [-0.2, 0) is 0 Å². The summed E-state index contributed by atoms with van der Waals surface area (Å²) in [6.07, 6.45) is 1.42. The summed E-state index contributed by atoms with van der Waals surface area (Å²) < 4.78 is 16.4. The van der Waals surface area contributed by atoms with Gasteiger partial charge in [-0.05, 0) is 66.2 Å². The molecule has 3 aromatic rings. The van der Waals surface area contributed by atoms with Crippen molar-refractivity contribution < 1.29 is 28.9 Å². The number of nitrogens with zero attached hydrogens (tertiary/aromatic N) is 1. The van der Waals surface area contributed by atoms with Gasteiger partial charge < -0.3 is 19.3 Å². The topological polar surface area (TPSA) is 106 Å². The highest BCUT2D eigenvalue weighted by Crippen LogP contribution is 2.28. The summed E-state index contributed by atoms with van der Waals surface area (Å²) >= 11 is 3.24. The molecule has 0 aliphatic heterocycles. The Morgan fingerprint density at radius 2 is 1.69 bits per heavy atom. The second-order valence-corrected chi connectivity index (χ2v) is 7.30. The zero-order valence-electron chi connectivity index (χ0n) is 17.2. The molecule has 0 aromatic heterocycles. The number of carbonyl (C=O) groups is 2. The van der Waals surface area contributed by atoms with Gasteiger partial charge in [-0.15, -0.1) is 0 Å². The fraction of sp³-hybridized carbons (Fsp3) is 0.0870. The molecular weight excluding hydrogens is 480 g/mol. The van der Waals surface area contributed by atoms with E-state index in [1.165, 1.54) is 38.6 Å². The molecule has 9 heteroatoms. The van der Waals surface area contributed by atoms with Crippen molar-refractivity contribution >= 4 is 34.0 Å². The van der Waals surface area contributed by atoms with Gasteiger partial charge in [-0.1, -0.05) is 15.9 Å². The van der Waals surface area contributed by atoms with Gasteiger partial charge in [-0.25, -0.2) is 10.2 Å². The van der Waals surface area contributed by atoms with Gasteiger partial charge in [0.2, 0.25) is 0 Å². The number of benzene rings is 3. The van der Waals surface area contributed by atoms with E-state index in [0.29, 0.717) is 32.8 Å². The highest BCUT2D eigenvalue weighted by molar-refractivity contribution is 9.10. The molecule has 1 amide bonds. The number of nitrogens with one attached hydrogen (secondary N) is 1. The Balaban J connectivity index is 1.60. The van der Waals surface area contributed by atoms with Crippen LogP contribution in [0.15, 0.2) is 70.2 Å². The van der Waals surface area contributed by atoms with Crippen molar-refractivity contribution in [3.05, 3.63) is 81.8 Å². The molecule has 2 N–H and O–H groups in total. The largest absolute Gasteiger partial charge is 0.507 e. The minimum Gasteiger partial charge on any atom is -0.507 e. The first-order chi connectivity index (χ1) is 15.4. The number of halogens is 1. The van der Waals surface area contributed by atoms with E-state index in [-0.39, 0.29) is 11.3 Å². The minimum absolute atomic E-state index is 0.0916. The molecule has 0 bridgehead atoms. The average molecular weight is 499 g/mol. The van der Waals surface area contributed by atoms with Crippen LogP contribution in [0.1, 0.15) is 26.3 Å². The molecule has 0 saturated heterocycles. The summed E-state index contributed by atoms with van der Waals surface area (Å²) in [6.45, 7) is 0. The van der Waals surface area contributed by atoms with Crippen LogP contribution in [0.4, 0.5) is 0 Å². The molecule has 0 atom stereocenters. The standard InChI is InChI=1S/C23H19BrN2O6/c1-30-20-10-5-15(11-21(20)31-2)23(29)32-17-7-3-14(4-8-17)13-25-26-22(28)18-12-16(24)6-9-19(18)27/h3-13,27H,1-2H3,(H,26,28). The van der Waals surface area contributed by atoms with E-state index in [2.05, 4.69) is 26.5 Å². The van der Waals surface area contributed by atoms with Crippen LogP contribution in [0.5, 0.6) is 23.0 Å². The van der Waals surface area contributed by atoms with E-state index in [0.717, 1.165) is 0 Å². The van der Waals surface area contributed by atoms with Crippen LogP contribution in [0.3, 0.4) is 0 Å². The number of phenols is 1. The number of amides is 1. The van der Waals surface area contributed by atoms with Crippen molar-refractivity contribution in [2.75, 3.05) is 14.2 Å². The summed E-state index contributed by atoms with van der Waals surface area (Å²) in [6, 6.07) is 15.8. The van der Waals surface area contributed by atoms with E-state index < -0.39 is 11.9 Å². The van der Waals surface area contributed by atoms with Gasteiger partial charge in [0.05, 0.1) is 31.6 Å². The Hall–Kier alpha value is -3.85. The maximum absolute atomic E-state index is 12.4. The Morgan fingerprint density at radius 1 is 0.969 bits per heavy atom. The van der Waals surface area contributed by atoms with Gasteiger partial charge in [0.1, 0.15) is 11.5 Å². The van der Waals surface area contributed by atoms with E-state index in [4.69, 9.17) is 14.2 Å². The molecule has 3 aromatic carbocycles. The molecule has 0 spiro atoms. The zero-order valence-corrected chi connectivity index (χ0v) is 18.8. The average Bonchev–Trinajstić information content (AvgIpc) is 2.81. The Morgan fingerprint density at radius 3 is 2.38 bits per heavy atom. The van der Waals surface area contributed by atoms with Gasteiger partial charge >= 0.3 is 5.97 Å². The summed E-state index contributed by atoms with van der Waals surface area (Å²) in [5.74, 6) is 0.0159. The number of aromatic hydroxyl groups is 1. The molecule has 0 aliphatic rings. The van der Waals surface area contributed by atoms with Crippen LogP contribution in [-0.4, -0.2) is 37.4 Å². The second-order valence-electron chi connectivity index (χ2n) is 6.39. The third-order valence-corrected chi connectivity index (χ3v) is 4.79. The fourth-order valence-electron chi connectivity index (χ4n) is 2.67. The first kappa shape index (κ1) is 22.8. The van der Waals surface area contributed by atoms with E-state index in [1.807, 2.05) is 0 Å². The SMILES string of the molecule is COc1ccc(C(=O)Oc2ccc(C=NNC(=O)c3cc(Br)ccc3O)cc2)cc1OC. The lowest BCUT2D eigenvalue weighted by molar-refractivity contribution is 0.0734. The van der Waals surface area contributed by atoms with E-state index in [1.54, 1.807) is 42.5 Å². The number of phenolic OH excluding ortho intramolecular Hbond substituents is 1. The van der Waals surface area contributed by atoms with Crippen LogP contribution in [0.25, 0.3) is 0 Å². The van der Waals surface area contributed by atoms with Crippen LogP contribution >= 0.6 is 15.9 Å². The van der Waals surface area contributed by atoms with Gasteiger partial charge in [0, 0.05) is 4.47 Å². The number of esters is 1. The maximum Gasteiger partial charge on any atom is 0.343 e. The molecule has 3 rings (SSSR count). The molecule has 0 unspecified atom stereocenters. The number of rotatable bonds is 7. The number of hydrogen-bond donors (Lipinski definition) is 2. The smallest absolute Gasteiger partial charge is 0.343 e. The van der Waals surface area contributed by atoms with Crippen LogP contribution < -0.4 is 19.6 Å². The lowest BCUT2D eigenvalue weighted by Gasteiger charge is -2.09. The quantitative estimate of drug-likeness (QED) is 0.219. The van der Waals surface area contributed by atoms with Gasteiger partial charge in [-0.3, -0.25) is 4.79 Å². The van der Waals surface area contributed by atoms with Crippen molar-refractivity contribution in [2.24, 2.45) is 5.10 Å². The molecule has 164 valence electrons. The first-order valence-electron chi connectivity index (χ1n) is 9.27. The first-order valence-corrected chi connectivity index (χ1v) is 10.1. The molecule has 0 radical (unpaired) electrons. The Kier molecular flexibility index (Phi) is 7.45. The predicted molar refractivity (Wildman–Crippen MR) is 122 cm³/mol. The van der Waals surface area contributed by atoms with Crippen LogP contribution in [0.2, 0.25) is 0 Å². The van der Waals surface area contributed by atoms with E-state index in [9.17, 15) is 14.7 Å². The van der Waals surface area contributed by atoms with Crippen molar-refractivity contribution in [3.63, 3.8) is 0 Å². The Labute approximate surface area is 192 Å². The number of hydrazone groups is 1. The number of ether oxygens (including phenoxy) is 3. The fourth-order valence-corrected chi connectivity index (χ4v) is 3.03. The third kappa shape index (κ3) is 5.64. The van der Waals surface area contributed by atoms with Crippen molar-refractivity contribution in [3.8, 4) is 23.0 Å². The molecule has 0 aliphatic carbocycles. The van der Waals surface area contributed by atoms with Gasteiger partial charge in [0.25, 0.3) is 5.91 Å². The zero-order chi connectivity index (χ0) is 23.1. The molecule has 0 fully saturated rings. The minimum atomic E-state index is -0.555. The monoisotopic (exact) mass is 498 g/mol. The highest BCUT2D eigenvalue weighted by atomic mass is 79.9. The summed E-state index contributed by atoms with van der Waals surface area (Å²) in [5.41, 5.74) is 3.41. The van der Waals surface area contributed by atoms with Crippen molar-refractivity contribution in [1.29, 1.82) is 0 Å². The van der Waals surface area contributed by atoms with E-state index >= 15 is 0 Å². The summed E-state index contributed by atoms with van der Waals surface area (Å²) in [4.78, 5) is 24.5. The maximum atomic E-state index is 12.4. The van der Waals surface area contributed by atoms with Gasteiger partial charge in [-0.2, -0.15) is 5.10 Å². The van der Waals surface area contributed by atoms with Gasteiger partial charge in [0.15, 0.2) is 11.5 Å². The summed E-state index contributed by atoms with van der Waals surface area (Å²) in [7, 11) is 2.99. The number of methoxy groups -OCH3 is 2. The second kappa shape index (κ2) is 10.5. The normalized spacial score (nSPS) is 10.6. The molecule has 32 heavy (non-hydrogen) atoms. The molecule has 0 heterocycles. The van der Waals surface area contributed by atoms with Crippen molar-refractivity contribution in [1.82, 2.24) is 5.43 Å². The van der Waals surface area contributed by atoms with Crippen LogP contribution in [0, 0.1) is 0 Å². The summed E-state index contributed by atoms with van der Waals surface area (Å²) in [5, 5.41) is 13.7. The molecule has 8 nitrogen and oxygen atoms in total. The third-order valence-electron chi connectivity index (χ3n) is 4.29. The lowest BCUT2D eigenvalue weighted by Crippen LogP contribution is -2.17. The highest BCUT2D eigenvalue weighted by Gasteiger charge is 2.13. The Bertz CT molecular complexity index is 1160.